The van der Waals surface area contributed by atoms with E-state index in [2.05, 4.69) is 20.3 Å². The molecule has 7 nitrogen and oxygen atoms in total. The van der Waals surface area contributed by atoms with E-state index in [9.17, 15) is 9.59 Å². The zero-order chi connectivity index (χ0) is 19.7. The Hall–Kier alpha value is -3.48. The third-order valence-corrected chi connectivity index (χ3v) is 4.86. The summed E-state index contributed by atoms with van der Waals surface area (Å²) in [6.07, 6.45) is 0.652. The second-order valence-electron chi connectivity index (χ2n) is 6.81. The Morgan fingerprint density at radius 2 is 1.82 bits per heavy atom. The van der Waals surface area contributed by atoms with Crippen LogP contribution in [0.4, 0.5) is 0 Å². The molecule has 0 unspecified atom stereocenters. The number of para-hydroxylation sites is 2. The number of fused-ring (bicyclic) bond motifs is 2. The summed E-state index contributed by atoms with van der Waals surface area (Å²) >= 11 is 0. The van der Waals surface area contributed by atoms with Gasteiger partial charge in [-0.1, -0.05) is 12.1 Å². The van der Waals surface area contributed by atoms with E-state index in [0.29, 0.717) is 30.6 Å². The molecule has 0 atom stereocenters. The summed E-state index contributed by atoms with van der Waals surface area (Å²) in [5.74, 6) is -0.159. The lowest BCUT2D eigenvalue weighted by Crippen LogP contribution is -2.26. The zero-order valence-corrected chi connectivity index (χ0v) is 15.8. The molecular weight excluding hydrogens is 354 g/mol. The van der Waals surface area contributed by atoms with E-state index in [4.69, 9.17) is 0 Å². The van der Waals surface area contributed by atoms with Crippen molar-refractivity contribution in [3.05, 3.63) is 69.9 Å². The van der Waals surface area contributed by atoms with Crippen molar-refractivity contribution in [1.82, 2.24) is 24.8 Å². The molecule has 4 rings (SSSR count). The van der Waals surface area contributed by atoms with E-state index in [0.717, 1.165) is 27.9 Å². The van der Waals surface area contributed by atoms with E-state index in [-0.39, 0.29) is 11.6 Å². The summed E-state index contributed by atoms with van der Waals surface area (Å²) in [6.45, 7) is 4.83. The SMILES string of the molecule is Cc1nc2ccc(C(=O)NCCCn3c(=O)[nH]c4ccccc43)cc2nc1C. The first-order valence-corrected chi connectivity index (χ1v) is 9.24. The third kappa shape index (κ3) is 3.38. The van der Waals surface area contributed by atoms with Crippen LogP contribution in [-0.4, -0.2) is 32.0 Å². The molecule has 2 N–H and O–H groups in total. The topological polar surface area (TPSA) is 92.7 Å². The minimum atomic E-state index is -0.159. The van der Waals surface area contributed by atoms with Gasteiger partial charge in [-0.15, -0.1) is 0 Å². The average molecular weight is 375 g/mol. The number of benzene rings is 2. The highest BCUT2D eigenvalue weighted by atomic mass is 16.2. The average Bonchev–Trinajstić information content (AvgIpc) is 3.01. The fourth-order valence-corrected chi connectivity index (χ4v) is 3.24. The molecule has 0 saturated carbocycles. The van der Waals surface area contributed by atoms with Crippen LogP contribution in [0, 0.1) is 13.8 Å². The fraction of sp³-hybridized carbons (Fsp3) is 0.238. The van der Waals surface area contributed by atoms with Crippen LogP contribution in [0.2, 0.25) is 0 Å². The Morgan fingerprint density at radius 1 is 1.07 bits per heavy atom. The lowest BCUT2D eigenvalue weighted by molar-refractivity contribution is 0.0953. The molecular formula is C21H21N5O2. The van der Waals surface area contributed by atoms with Crippen LogP contribution in [0.15, 0.2) is 47.3 Å². The predicted octanol–water partition coefficient (Wildman–Crippen LogP) is 2.71. The number of imidazole rings is 1. The van der Waals surface area contributed by atoms with Gasteiger partial charge in [-0.05, 0) is 50.6 Å². The molecule has 4 aromatic rings. The van der Waals surface area contributed by atoms with Crippen molar-refractivity contribution in [3.8, 4) is 0 Å². The van der Waals surface area contributed by atoms with Crippen molar-refractivity contribution in [1.29, 1.82) is 0 Å². The van der Waals surface area contributed by atoms with Gasteiger partial charge in [0, 0.05) is 18.7 Å². The molecule has 142 valence electrons. The Bertz CT molecular complexity index is 1240. The number of aromatic amines is 1. The second-order valence-corrected chi connectivity index (χ2v) is 6.81. The van der Waals surface area contributed by atoms with E-state index in [1.54, 1.807) is 16.7 Å². The second kappa shape index (κ2) is 7.26. The lowest BCUT2D eigenvalue weighted by Gasteiger charge is -2.08. The van der Waals surface area contributed by atoms with Gasteiger partial charge in [0.15, 0.2) is 0 Å². The number of carbonyl (C=O) groups excluding carboxylic acids is 1. The largest absolute Gasteiger partial charge is 0.352 e. The first kappa shape index (κ1) is 17.9. The van der Waals surface area contributed by atoms with Crippen LogP contribution >= 0.6 is 0 Å². The van der Waals surface area contributed by atoms with E-state index >= 15 is 0 Å². The molecule has 0 aliphatic carbocycles. The van der Waals surface area contributed by atoms with Gasteiger partial charge in [-0.25, -0.2) is 14.8 Å². The number of amides is 1. The smallest absolute Gasteiger partial charge is 0.326 e. The quantitative estimate of drug-likeness (QED) is 0.525. The maximum Gasteiger partial charge on any atom is 0.326 e. The first-order valence-electron chi connectivity index (χ1n) is 9.24. The van der Waals surface area contributed by atoms with Crippen LogP contribution in [0.3, 0.4) is 0 Å². The molecule has 2 heterocycles. The van der Waals surface area contributed by atoms with Gasteiger partial charge >= 0.3 is 5.69 Å². The molecule has 0 fully saturated rings. The van der Waals surface area contributed by atoms with Crippen molar-refractivity contribution in [2.45, 2.75) is 26.8 Å². The van der Waals surface area contributed by atoms with E-state index < -0.39 is 0 Å². The number of aromatic nitrogens is 4. The highest BCUT2D eigenvalue weighted by Gasteiger charge is 2.09. The van der Waals surface area contributed by atoms with Gasteiger partial charge in [0.1, 0.15) is 0 Å². The molecule has 2 aromatic heterocycles. The monoisotopic (exact) mass is 375 g/mol. The van der Waals surface area contributed by atoms with Gasteiger partial charge in [-0.2, -0.15) is 0 Å². The Labute approximate surface area is 161 Å². The third-order valence-electron chi connectivity index (χ3n) is 4.86. The number of nitrogens with one attached hydrogen (secondary N) is 2. The molecule has 0 spiro atoms. The van der Waals surface area contributed by atoms with Crippen LogP contribution in [0.1, 0.15) is 28.2 Å². The molecule has 2 aromatic carbocycles. The predicted molar refractivity (Wildman–Crippen MR) is 109 cm³/mol. The summed E-state index contributed by atoms with van der Waals surface area (Å²) in [5.41, 5.74) is 5.34. The number of H-pyrrole nitrogens is 1. The van der Waals surface area contributed by atoms with Crippen molar-refractivity contribution >= 4 is 28.0 Å². The van der Waals surface area contributed by atoms with Gasteiger partial charge in [0.25, 0.3) is 5.91 Å². The van der Waals surface area contributed by atoms with E-state index in [1.807, 2.05) is 44.2 Å². The Morgan fingerprint density at radius 3 is 2.64 bits per heavy atom. The molecule has 0 radical (unpaired) electrons. The molecule has 1 amide bonds. The minimum Gasteiger partial charge on any atom is -0.352 e. The van der Waals surface area contributed by atoms with Crippen LogP contribution < -0.4 is 11.0 Å². The summed E-state index contributed by atoms with van der Waals surface area (Å²) in [7, 11) is 0. The number of aryl methyl sites for hydroxylation is 3. The highest BCUT2D eigenvalue weighted by molar-refractivity contribution is 5.97. The molecule has 28 heavy (non-hydrogen) atoms. The Balaban J connectivity index is 1.40. The maximum atomic E-state index is 12.4. The number of hydrogen-bond acceptors (Lipinski definition) is 4. The van der Waals surface area contributed by atoms with Crippen molar-refractivity contribution in [2.75, 3.05) is 6.54 Å². The fourth-order valence-electron chi connectivity index (χ4n) is 3.24. The molecule has 0 aliphatic heterocycles. The van der Waals surface area contributed by atoms with Crippen molar-refractivity contribution < 1.29 is 4.79 Å². The van der Waals surface area contributed by atoms with Crippen molar-refractivity contribution in [3.63, 3.8) is 0 Å². The summed E-state index contributed by atoms with van der Waals surface area (Å²) < 4.78 is 1.69. The maximum absolute atomic E-state index is 12.4. The van der Waals surface area contributed by atoms with Crippen molar-refractivity contribution in [2.24, 2.45) is 0 Å². The van der Waals surface area contributed by atoms with E-state index in [1.165, 1.54) is 0 Å². The molecule has 0 aliphatic rings. The lowest BCUT2D eigenvalue weighted by atomic mass is 10.1. The van der Waals surface area contributed by atoms with Gasteiger partial charge < -0.3 is 10.3 Å². The summed E-state index contributed by atoms with van der Waals surface area (Å²) in [5, 5.41) is 2.91. The van der Waals surface area contributed by atoms with Gasteiger partial charge in [0.2, 0.25) is 0 Å². The molecule has 7 heteroatoms. The summed E-state index contributed by atoms with van der Waals surface area (Å²) in [6, 6.07) is 12.9. The molecule has 0 saturated heterocycles. The number of nitrogens with zero attached hydrogens (tertiary/aromatic N) is 3. The van der Waals surface area contributed by atoms with Crippen LogP contribution in [0.25, 0.3) is 22.1 Å². The Kier molecular flexibility index (Phi) is 4.65. The highest BCUT2D eigenvalue weighted by Crippen LogP contribution is 2.14. The van der Waals surface area contributed by atoms with Crippen LogP contribution in [0.5, 0.6) is 0 Å². The number of carbonyl (C=O) groups is 1. The van der Waals surface area contributed by atoms with Gasteiger partial charge in [-0.3, -0.25) is 9.36 Å². The standard InChI is InChI=1S/C21H21N5O2/c1-13-14(2)24-18-12-15(8-9-16(18)23-13)20(27)22-10-5-11-26-19-7-4-3-6-17(19)25-21(26)28/h3-4,6-9,12H,5,10-11H2,1-2H3,(H,22,27)(H,25,28). The van der Waals surface area contributed by atoms with Crippen LogP contribution in [-0.2, 0) is 6.54 Å². The number of hydrogen-bond donors (Lipinski definition) is 2. The summed E-state index contributed by atoms with van der Waals surface area (Å²) in [4.78, 5) is 36.3. The minimum absolute atomic E-state index is 0.133. The zero-order valence-electron chi connectivity index (χ0n) is 15.8. The first-order chi connectivity index (χ1) is 13.5. The normalized spacial score (nSPS) is 11.2. The van der Waals surface area contributed by atoms with Gasteiger partial charge in [0.05, 0.1) is 33.5 Å². The molecule has 0 bridgehead atoms. The number of rotatable bonds is 5.